The van der Waals surface area contributed by atoms with Crippen molar-refractivity contribution in [3.63, 3.8) is 0 Å². The number of carbonyl (C=O) groups is 3. The highest BCUT2D eigenvalue weighted by atomic mass is 79.9. The molecule has 0 aliphatic carbocycles. The summed E-state index contributed by atoms with van der Waals surface area (Å²) in [5, 5.41) is 0. The maximum Gasteiger partial charge on any atom is 0.286 e. The molecule has 2 amide bonds. The number of aromatic nitrogens is 1. The lowest BCUT2D eigenvalue weighted by Gasteiger charge is -2.07. The van der Waals surface area contributed by atoms with Crippen LogP contribution in [0.25, 0.3) is 0 Å². The summed E-state index contributed by atoms with van der Waals surface area (Å²) in [6, 6.07) is 6.72. The third kappa shape index (κ3) is 3.68. The minimum atomic E-state index is -0.511. The van der Waals surface area contributed by atoms with Crippen LogP contribution in [-0.4, -0.2) is 22.6 Å². The summed E-state index contributed by atoms with van der Waals surface area (Å²) < 4.78 is 0.854. The highest BCUT2D eigenvalue weighted by molar-refractivity contribution is 9.10. The first kappa shape index (κ1) is 17.0. The summed E-state index contributed by atoms with van der Waals surface area (Å²) in [4.78, 5) is 38.6. The Hall–Kier alpha value is -2.41. The number of carbonyl (C=O) groups excluding carboxylic acids is 3. The Morgan fingerprint density at radius 3 is 2.09 bits per heavy atom. The summed E-state index contributed by atoms with van der Waals surface area (Å²) in [5.41, 5.74) is 7.03. The molecule has 0 fully saturated rings. The molecule has 120 valence electrons. The van der Waals surface area contributed by atoms with Crippen molar-refractivity contribution in [2.75, 3.05) is 0 Å². The SMILES string of the molecule is CC(=O)c1c(C)[nH]c(C(=O)NNC(=O)c2ccc(Br)cc2)c1C. The Kier molecular flexibility index (Phi) is 5.00. The molecule has 0 spiro atoms. The summed E-state index contributed by atoms with van der Waals surface area (Å²) >= 11 is 3.28. The van der Waals surface area contributed by atoms with E-state index in [9.17, 15) is 14.4 Å². The predicted octanol–water partition coefficient (Wildman–Crippen LogP) is 2.67. The largest absolute Gasteiger partial charge is 0.354 e. The molecular weight excluding hydrogens is 362 g/mol. The number of benzene rings is 1. The number of aromatic amines is 1. The molecule has 1 aromatic carbocycles. The van der Waals surface area contributed by atoms with Gasteiger partial charge in [0, 0.05) is 21.3 Å². The van der Waals surface area contributed by atoms with Crippen molar-refractivity contribution in [2.45, 2.75) is 20.8 Å². The predicted molar refractivity (Wildman–Crippen MR) is 89.3 cm³/mol. The third-order valence-electron chi connectivity index (χ3n) is 3.41. The average Bonchev–Trinajstić information content (AvgIpc) is 2.80. The van der Waals surface area contributed by atoms with E-state index in [-0.39, 0.29) is 11.5 Å². The summed E-state index contributed by atoms with van der Waals surface area (Å²) in [6.07, 6.45) is 0. The van der Waals surface area contributed by atoms with Crippen LogP contribution in [0.15, 0.2) is 28.7 Å². The number of ketones is 1. The van der Waals surface area contributed by atoms with E-state index in [2.05, 4.69) is 31.8 Å². The number of hydrogen-bond acceptors (Lipinski definition) is 3. The summed E-state index contributed by atoms with van der Waals surface area (Å²) in [7, 11) is 0. The minimum Gasteiger partial charge on any atom is -0.354 e. The standard InChI is InChI=1S/C16H16BrN3O3/c1-8-13(10(3)21)9(2)18-14(8)16(23)20-19-15(22)11-4-6-12(17)7-5-11/h4-7,18H,1-3H3,(H,19,22)(H,20,23). The molecule has 7 heteroatoms. The molecule has 0 bridgehead atoms. The lowest BCUT2D eigenvalue weighted by molar-refractivity contribution is 0.0844. The van der Waals surface area contributed by atoms with Crippen molar-refractivity contribution in [1.82, 2.24) is 15.8 Å². The molecule has 2 rings (SSSR count). The van der Waals surface area contributed by atoms with Crippen molar-refractivity contribution < 1.29 is 14.4 Å². The summed E-state index contributed by atoms with van der Waals surface area (Å²) in [5.74, 6) is -1.06. The molecule has 3 N–H and O–H groups in total. The fourth-order valence-electron chi connectivity index (χ4n) is 2.35. The number of H-pyrrole nitrogens is 1. The van der Waals surface area contributed by atoms with Crippen LogP contribution in [0.1, 0.15) is 49.4 Å². The van der Waals surface area contributed by atoms with E-state index >= 15 is 0 Å². The average molecular weight is 378 g/mol. The van der Waals surface area contributed by atoms with Gasteiger partial charge in [0.25, 0.3) is 11.8 Å². The Balaban J connectivity index is 2.08. The quantitative estimate of drug-likeness (QED) is 0.567. The Labute approximate surface area is 141 Å². The second kappa shape index (κ2) is 6.78. The summed E-state index contributed by atoms with van der Waals surface area (Å²) in [6.45, 7) is 4.85. The van der Waals surface area contributed by atoms with Gasteiger partial charge in [0.1, 0.15) is 5.69 Å². The smallest absolute Gasteiger partial charge is 0.286 e. The maximum absolute atomic E-state index is 12.2. The number of Topliss-reactive ketones (excluding diaryl/α,β-unsaturated/α-hetero) is 1. The second-order valence-electron chi connectivity index (χ2n) is 5.10. The number of hydrogen-bond donors (Lipinski definition) is 3. The third-order valence-corrected chi connectivity index (χ3v) is 3.94. The lowest BCUT2D eigenvalue weighted by atomic mass is 10.1. The van der Waals surface area contributed by atoms with Gasteiger partial charge in [-0.25, -0.2) is 0 Å². The number of amides is 2. The van der Waals surface area contributed by atoms with Gasteiger partial charge in [-0.05, 0) is 50.6 Å². The van der Waals surface area contributed by atoms with Crippen molar-refractivity contribution in [1.29, 1.82) is 0 Å². The van der Waals surface area contributed by atoms with Crippen LogP contribution < -0.4 is 10.9 Å². The van der Waals surface area contributed by atoms with Crippen molar-refractivity contribution in [2.24, 2.45) is 0 Å². The zero-order valence-electron chi connectivity index (χ0n) is 12.9. The molecule has 0 aliphatic rings. The van der Waals surface area contributed by atoms with E-state index in [1.54, 1.807) is 38.1 Å². The number of rotatable bonds is 3. The van der Waals surface area contributed by atoms with Crippen LogP contribution in [0.2, 0.25) is 0 Å². The molecule has 0 saturated carbocycles. The molecule has 23 heavy (non-hydrogen) atoms. The number of halogens is 1. The fraction of sp³-hybridized carbons (Fsp3) is 0.188. The van der Waals surface area contributed by atoms with E-state index in [4.69, 9.17) is 0 Å². The van der Waals surface area contributed by atoms with Crippen LogP contribution in [0.4, 0.5) is 0 Å². The van der Waals surface area contributed by atoms with Gasteiger partial charge < -0.3 is 4.98 Å². The Morgan fingerprint density at radius 2 is 1.57 bits per heavy atom. The van der Waals surface area contributed by atoms with Gasteiger partial charge in [-0.3, -0.25) is 25.2 Å². The van der Waals surface area contributed by atoms with Crippen LogP contribution in [0.5, 0.6) is 0 Å². The zero-order valence-corrected chi connectivity index (χ0v) is 14.5. The van der Waals surface area contributed by atoms with E-state index < -0.39 is 11.8 Å². The van der Waals surface area contributed by atoms with Crippen LogP contribution in [-0.2, 0) is 0 Å². The number of aryl methyl sites for hydroxylation is 1. The molecule has 0 unspecified atom stereocenters. The monoisotopic (exact) mass is 377 g/mol. The van der Waals surface area contributed by atoms with E-state index in [0.717, 1.165) is 4.47 Å². The molecule has 0 saturated heterocycles. The number of nitrogens with one attached hydrogen (secondary N) is 3. The first-order valence-electron chi connectivity index (χ1n) is 6.87. The van der Waals surface area contributed by atoms with Crippen LogP contribution >= 0.6 is 15.9 Å². The zero-order chi connectivity index (χ0) is 17.1. The van der Waals surface area contributed by atoms with E-state index in [1.807, 2.05) is 0 Å². The maximum atomic E-state index is 12.2. The van der Waals surface area contributed by atoms with Crippen LogP contribution in [0, 0.1) is 13.8 Å². The van der Waals surface area contributed by atoms with Gasteiger partial charge in [-0.2, -0.15) is 0 Å². The minimum absolute atomic E-state index is 0.116. The van der Waals surface area contributed by atoms with Crippen LogP contribution in [0.3, 0.4) is 0 Å². The molecular formula is C16H16BrN3O3. The fourth-order valence-corrected chi connectivity index (χ4v) is 2.62. The molecule has 1 aromatic heterocycles. The molecule has 2 aromatic rings. The van der Waals surface area contributed by atoms with Crippen molar-refractivity contribution >= 4 is 33.5 Å². The molecule has 0 atom stereocenters. The molecule has 0 radical (unpaired) electrons. The van der Waals surface area contributed by atoms with Gasteiger partial charge in [-0.1, -0.05) is 15.9 Å². The van der Waals surface area contributed by atoms with Gasteiger partial charge in [0.2, 0.25) is 0 Å². The second-order valence-corrected chi connectivity index (χ2v) is 6.01. The first-order valence-corrected chi connectivity index (χ1v) is 7.67. The first-order chi connectivity index (χ1) is 10.8. The lowest BCUT2D eigenvalue weighted by Crippen LogP contribution is -2.42. The number of hydrazine groups is 1. The van der Waals surface area contributed by atoms with Crippen molar-refractivity contribution in [3.05, 3.63) is 56.8 Å². The van der Waals surface area contributed by atoms with Gasteiger partial charge in [0.05, 0.1) is 0 Å². The Bertz CT molecular complexity index is 779. The highest BCUT2D eigenvalue weighted by Gasteiger charge is 2.20. The topological polar surface area (TPSA) is 91.1 Å². The molecule has 6 nitrogen and oxygen atoms in total. The van der Waals surface area contributed by atoms with E-state index in [1.165, 1.54) is 6.92 Å². The van der Waals surface area contributed by atoms with E-state index in [0.29, 0.717) is 22.4 Å². The molecule has 1 heterocycles. The van der Waals surface area contributed by atoms with Gasteiger partial charge in [-0.15, -0.1) is 0 Å². The normalized spacial score (nSPS) is 10.3. The van der Waals surface area contributed by atoms with Gasteiger partial charge in [0.15, 0.2) is 5.78 Å². The Morgan fingerprint density at radius 1 is 1.00 bits per heavy atom. The molecule has 0 aliphatic heterocycles. The van der Waals surface area contributed by atoms with Gasteiger partial charge >= 0.3 is 0 Å². The van der Waals surface area contributed by atoms with Crippen molar-refractivity contribution in [3.8, 4) is 0 Å². The highest BCUT2D eigenvalue weighted by Crippen LogP contribution is 2.18.